The standard InChI is InChI=1S/C9H11ClFN3O/c1-4(9(13)15)14-8-2-5(10)6(11)3-7(8)12/h2-4,14H,12H2,1H3,(H2,13,15). The number of hydrogen-bond acceptors (Lipinski definition) is 3. The van der Waals surface area contributed by atoms with Gasteiger partial charge in [0.1, 0.15) is 11.9 Å². The molecule has 0 bridgehead atoms. The van der Waals surface area contributed by atoms with Crippen LogP contribution in [-0.4, -0.2) is 11.9 Å². The summed E-state index contributed by atoms with van der Waals surface area (Å²) in [7, 11) is 0. The van der Waals surface area contributed by atoms with E-state index in [4.69, 9.17) is 23.1 Å². The van der Waals surface area contributed by atoms with Crippen LogP contribution in [0.5, 0.6) is 0 Å². The van der Waals surface area contributed by atoms with E-state index in [1.54, 1.807) is 6.92 Å². The zero-order valence-corrected chi connectivity index (χ0v) is 8.81. The number of nitrogens with two attached hydrogens (primary N) is 2. The highest BCUT2D eigenvalue weighted by atomic mass is 35.5. The largest absolute Gasteiger partial charge is 0.397 e. The minimum atomic E-state index is -0.605. The second kappa shape index (κ2) is 4.35. The van der Waals surface area contributed by atoms with Crippen molar-refractivity contribution in [2.75, 3.05) is 11.1 Å². The van der Waals surface area contributed by atoms with E-state index in [9.17, 15) is 9.18 Å². The molecule has 0 spiro atoms. The van der Waals surface area contributed by atoms with Gasteiger partial charge in [0.25, 0.3) is 0 Å². The van der Waals surface area contributed by atoms with Crippen LogP contribution in [0.25, 0.3) is 0 Å². The molecular formula is C9H11ClFN3O. The highest BCUT2D eigenvalue weighted by Gasteiger charge is 2.12. The summed E-state index contributed by atoms with van der Waals surface area (Å²) < 4.78 is 12.9. The SMILES string of the molecule is CC(Nc1cc(Cl)c(F)cc1N)C(N)=O. The van der Waals surface area contributed by atoms with Crippen LogP contribution in [0.15, 0.2) is 12.1 Å². The van der Waals surface area contributed by atoms with Crippen LogP contribution in [0.1, 0.15) is 6.92 Å². The molecule has 15 heavy (non-hydrogen) atoms. The number of nitrogens with one attached hydrogen (secondary N) is 1. The molecule has 0 aliphatic heterocycles. The Labute approximate surface area is 91.4 Å². The lowest BCUT2D eigenvalue weighted by Gasteiger charge is -2.14. The van der Waals surface area contributed by atoms with Crippen molar-refractivity contribution < 1.29 is 9.18 Å². The maximum Gasteiger partial charge on any atom is 0.239 e. The first kappa shape index (κ1) is 11.6. The number of rotatable bonds is 3. The van der Waals surface area contributed by atoms with Crippen molar-refractivity contribution in [3.63, 3.8) is 0 Å². The van der Waals surface area contributed by atoms with Gasteiger partial charge in [0, 0.05) is 6.07 Å². The number of anilines is 2. The first-order valence-corrected chi connectivity index (χ1v) is 4.60. The third kappa shape index (κ3) is 2.73. The predicted octanol–water partition coefficient (Wildman–Crippen LogP) is 1.35. The van der Waals surface area contributed by atoms with Gasteiger partial charge in [-0.05, 0) is 13.0 Å². The summed E-state index contributed by atoms with van der Waals surface area (Å²) in [5.74, 6) is -1.14. The van der Waals surface area contributed by atoms with E-state index in [1.165, 1.54) is 6.07 Å². The van der Waals surface area contributed by atoms with Crippen molar-refractivity contribution >= 4 is 28.9 Å². The van der Waals surface area contributed by atoms with Crippen molar-refractivity contribution in [2.24, 2.45) is 5.73 Å². The third-order valence-electron chi connectivity index (χ3n) is 1.89. The van der Waals surface area contributed by atoms with Crippen LogP contribution in [0, 0.1) is 5.82 Å². The molecule has 0 radical (unpaired) electrons. The Bertz CT molecular complexity index is 397. The van der Waals surface area contributed by atoms with E-state index in [-0.39, 0.29) is 10.7 Å². The predicted molar refractivity (Wildman–Crippen MR) is 58.1 cm³/mol. The highest BCUT2D eigenvalue weighted by molar-refractivity contribution is 6.31. The molecule has 0 heterocycles. The van der Waals surface area contributed by atoms with Gasteiger partial charge in [0.15, 0.2) is 0 Å². The minimum Gasteiger partial charge on any atom is -0.397 e. The van der Waals surface area contributed by atoms with Crippen LogP contribution in [0.4, 0.5) is 15.8 Å². The lowest BCUT2D eigenvalue weighted by Crippen LogP contribution is -2.32. The van der Waals surface area contributed by atoms with Gasteiger partial charge in [0.05, 0.1) is 16.4 Å². The molecule has 6 heteroatoms. The number of nitrogen functional groups attached to an aromatic ring is 1. The lowest BCUT2D eigenvalue weighted by atomic mass is 10.2. The summed E-state index contributed by atoms with van der Waals surface area (Å²) >= 11 is 5.56. The zero-order chi connectivity index (χ0) is 11.6. The molecule has 0 aliphatic carbocycles. The molecule has 0 saturated heterocycles. The number of hydrogen-bond donors (Lipinski definition) is 3. The van der Waals surface area contributed by atoms with Gasteiger partial charge in [-0.2, -0.15) is 0 Å². The molecule has 82 valence electrons. The molecule has 0 fully saturated rings. The molecule has 1 atom stereocenters. The number of amides is 1. The Hall–Kier alpha value is -1.49. The van der Waals surface area contributed by atoms with E-state index >= 15 is 0 Å². The molecule has 5 N–H and O–H groups in total. The average molecular weight is 232 g/mol. The highest BCUT2D eigenvalue weighted by Crippen LogP contribution is 2.26. The van der Waals surface area contributed by atoms with Crippen LogP contribution in [0.3, 0.4) is 0 Å². The minimum absolute atomic E-state index is 0.0663. The molecule has 4 nitrogen and oxygen atoms in total. The second-order valence-electron chi connectivity index (χ2n) is 3.12. The Balaban J connectivity index is 2.95. The lowest BCUT2D eigenvalue weighted by molar-refractivity contribution is -0.118. The molecule has 0 saturated carbocycles. The number of primary amides is 1. The number of halogens is 2. The van der Waals surface area contributed by atoms with Crippen LogP contribution in [0.2, 0.25) is 5.02 Å². The van der Waals surface area contributed by atoms with Crippen LogP contribution < -0.4 is 16.8 Å². The Morgan fingerprint density at radius 1 is 1.60 bits per heavy atom. The van der Waals surface area contributed by atoms with Gasteiger partial charge >= 0.3 is 0 Å². The second-order valence-corrected chi connectivity index (χ2v) is 3.53. The van der Waals surface area contributed by atoms with Crippen LogP contribution >= 0.6 is 11.6 Å². The van der Waals surface area contributed by atoms with Crippen molar-refractivity contribution in [2.45, 2.75) is 13.0 Å². The number of benzene rings is 1. The van der Waals surface area contributed by atoms with E-state index in [2.05, 4.69) is 5.32 Å². The molecular weight excluding hydrogens is 221 g/mol. The molecule has 0 aromatic heterocycles. The zero-order valence-electron chi connectivity index (χ0n) is 8.05. The van der Waals surface area contributed by atoms with E-state index in [0.29, 0.717) is 5.69 Å². The maximum atomic E-state index is 12.9. The third-order valence-corrected chi connectivity index (χ3v) is 2.18. The maximum absolute atomic E-state index is 12.9. The van der Waals surface area contributed by atoms with E-state index in [1.807, 2.05) is 0 Å². The summed E-state index contributed by atoms with van der Waals surface area (Å²) in [6, 6.07) is 1.79. The topological polar surface area (TPSA) is 81.1 Å². The van der Waals surface area contributed by atoms with E-state index < -0.39 is 17.8 Å². The van der Waals surface area contributed by atoms with Gasteiger partial charge in [-0.1, -0.05) is 11.6 Å². The molecule has 1 rings (SSSR count). The van der Waals surface area contributed by atoms with Gasteiger partial charge in [-0.15, -0.1) is 0 Å². The van der Waals surface area contributed by atoms with Gasteiger partial charge in [-0.3, -0.25) is 4.79 Å². The van der Waals surface area contributed by atoms with Crippen molar-refractivity contribution in [1.29, 1.82) is 0 Å². The van der Waals surface area contributed by atoms with Crippen molar-refractivity contribution in [3.8, 4) is 0 Å². The quantitative estimate of drug-likeness (QED) is 0.687. The normalized spacial score (nSPS) is 12.2. The summed E-state index contributed by atoms with van der Waals surface area (Å²) in [5.41, 5.74) is 11.1. The monoisotopic (exact) mass is 231 g/mol. The fourth-order valence-electron chi connectivity index (χ4n) is 0.992. The van der Waals surface area contributed by atoms with Crippen molar-refractivity contribution in [1.82, 2.24) is 0 Å². The van der Waals surface area contributed by atoms with Gasteiger partial charge in [0.2, 0.25) is 5.91 Å². The average Bonchev–Trinajstić information content (AvgIpc) is 2.13. The van der Waals surface area contributed by atoms with Crippen molar-refractivity contribution in [3.05, 3.63) is 23.0 Å². The van der Waals surface area contributed by atoms with Gasteiger partial charge in [-0.25, -0.2) is 4.39 Å². The number of carbonyl (C=O) groups is 1. The van der Waals surface area contributed by atoms with Crippen LogP contribution in [-0.2, 0) is 4.79 Å². The van der Waals surface area contributed by atoms with E-state index in [0.717, 1.165) is 6.07 Å². The fraction of sp³-hybridized carbons (Fsp3) is 0.222. The summed E-state index contributed by atoms with van der Waals surface area (Å²) in [4.78, 5) is 10.8. The summed E-state index contributed by atoms with van der Waals surface area (Å²) in [6.45, 7) is 1.57. The smallest absolute Gasteiger partial charge is 0.239 e. The van der Waals surface area contributed by atoms with Gasteiger partial charge < -0.3 is 16.8 Å². The summed E-state index contributed by atoms with van der Waals surface area (Å²) in [6.07, 6.45) is 0. The molecule has 1 aromatic rings. The molecule has 1 aromatic carbocycles. The Morgan fingerprint density at radius 2 is 2.20 bits per heavy atom. The molecule has 1 amide bonds. The first-order valence-electron chi connectivity index (χ1n) is 4.22. The molecule has 0 aliphatic rings. The molecule has 1 unspecified atom stereocenters. The summed E-state index contributed by atoms with van der Waals surface area (Å²) in [5, 5.41) is 2.66. The fourth-order valence-corrected chi connectivity index (χ4v) is 1.16. The first-order chi connectivity index (χ1) is 6.91. The Kier molecular flexibility index (Phi) is 3.36. The Morgan fingerprint density at radius 3 is 2.73 bits per heavy atom. The number of carbonyl (C=O) groups excluding carboxylic acids is 1.